The van der Waals surface area contributed by atoms with Crippen molar-refractivity contribution < 1.29 is 0 Å². The van der Waals surface area contributed by atoms with Gasteiger partial charge in [-0.1, -0.05) is 19.1 Å². The van der Waals surface area contributed by atoms with Crippen molar-refractivity contribution in [1.29, 1.82) is 0 Å². The molecule has 1 aromatic heterocycles. The van der Waals surface area contributed by atoms with Crippen LogP contribution in [0.15, 0.2) is 18.3 Å². The lowest BCUT2D eigenvalue weighted by Gasteiger charge is -2.06. The van der Waals surface area contributed by atoms with Crippen LogP contribution < -0.4 is 5.32 Å². The van der Waals surface area contributed by atoms with Gasteiger partial charge in [0.05, 0.1) is 12.7 Å². The first-order valence-electron chi connectivity index (χ1n) is 5.01. The van der Waals surface area contributed by atoms with Crippen molar-refractivity contribution >= 4 is 0 Å². The molecule has 1 rings (SSSR count). The third kappa shape index (κ3) is 2.45. The summed E-state index contributed by atoms with van der Waals surface area (Å²) in [4.78, 5) is 0. The first-order valence-corrected chi connectivity index (χ1v) is 5.01. The Hall–Kier alpha value is -1.09. The zero-order chi connectivity index (χ0) is 10.6. The molecule has 0 saturated heterocycles. The van der Waals surface area contributed by atoms with Crippen LogP contribution in [-0.4, -0.2) is 16.8 Å². The Morgan fingerprint density at radius 2 is 2.36 bits per heavy atom. The second kappa shape index (κ2) is 4.96. The summed E-state index contributed by atoms with van der Waals surface area (Å²) in [6.45, 7) is 9.93. The van der Waals surface area contributed by atoms with E-state index in [1.54, 1.807) is 0 Å². The minimum Gasteiger partial charge on any atom is -0.316 e. The molecule has 0 fully saturated rings. The van der Waals surface area contributed by atoms with Gasteiger partial charge >= 0.3 is 0 Å². The van der Waals surface area contributed by atoms with E-state index in [0.29, 0.717) is 0 Å². The molecular formula is C11H19N3. The number of hydrogen-bond acceptors (Lipinski definition) is 2. The normalized spacial score (nSPS) is 10.5. The first kappa shape index (κ1) is 11.0. The summed E-state index contributed by atoms with van der Waals surface area (Å²) in [5.41, 5.74) is 3.71. The number of hydrogen-bond donors (Lipinski definition) is 1. The fourth-order valence-electron chi connectivity index (χ4n) is 1.33. The standard InChI is InChI=1S/C11H19N3/c1-5-9(2)8-14-10(3)11(6-12-4)7-13-14/h7,12H,2,5-6,8H2,1,3-4H3. The summed E-state index contributed by atoms with van der Waals surface area (Å²) in [7, 11) is 1.95. The maximum absolute atomic E-state index is 4.34. The van der Waals surface area contributed by atoms with Crippen LogP contribution in [0.1, 0.15) is 24.6 Å². The molecule has 0 saturated carbocycles. The topological polar surface area (TPSA) is 29.9 Å². The molecule has 0 atom stereocenters. The number of nitrogens with one attached hydrogen (secondary N) is 1. The maximum Gasteiger partial charge on any atom is 0.0619 e. The van der Waals surface area contributed by atoms with E-state index < -0.39 is 0 Å². The summed E-state index contributed by atoms with van der Waals surface area (Å²) in [5.74, 6) is 0. The van der Waals surface area contributed by atoms with Gasteiger partial charge in [-0.05, 0) is 20.4 Å². The monoisotopic (exact) mass is 193 g/mol. The Morgan fingerprint density at radius 3 is 2.93 bits per heavy atom. The van der Waals surface area contributed by atoms with E-state index in [1.807, 2.05) is 17.9 Å². The molecule has 0 unspecified atom stereocenters. The van der Waals surface area contributed by atoms with Crippen molar-refractivity contribution in [3.63, 3.8) is 0 Å². The molecule has 0 aromatic carbocycles. The molecule has 0 aliphatic carbocycles. The van der Waals surface area contributed by atoms with Crippen LogP contribution >= 0.6 is 0 Å². The van der Waals surface area contributed by atoms with Crippen LogP contribution in [0.25, 0.3) is 0 Å². The molecule has 3 heteroatoms. The summed E-state index contributed by atoms with van der Waals surface area (Å²) < 4.78 is 2.01. The van der Waals surface area contributed by atoms with Crippen molar-refractivity contribution in [1.82, 2.24) is 15.1 Å². The second-order valence-electron chi connectivity index (χ2n) is 3.55. The van der Waals surface area contributed by atoms with Gasteiger partial charge in [0, 0.05) is 17.8 Å². The number of rotatable bonds is 5. The van der Waals surface area contributed by atoms with Gasteiger partial charge in [-0.25, -0.2) is 0 Å². The van der Waals surface area contributed by atoms with E-state index in [4.69, 9.17) is 0 Å². The van der Waals surface area contributed by atoms with Crippen LogP contribution in [0.2, 0.25) is 0 Å². The maximum atomic E-state index is 4.34. The molecule has 0 spiro atoms. The molecule has 0 amide bonds. The van der Waals surface area contributed by atoms with E-state index in [9.17, 15) is 0 Å². The molecule has 0 radical (unpaired) electrons. The zero-order valence-corrected chi connectivity index (χ0v) is 9.30. The van der Waals surface area contributed by atoms with Gasteiger partial charge in [-0.15, -0.1) is 0 Å². The molecule has 1 N–H and O–H groups in total. The average Bonchev–Trinajstić information content (AvgIpc) is 2.50. The Morgan fingerprint density at radius 1 is 1.64 bits per heavy atom. The molecule has 0 aliphatic rings. The van der Waals surface area contributed by atoms with Crippen LogP contribution in [0.3, 0.4) is 0 Å². The van der Waals surface area contributed by atoms with Crippen molar-refractivity contribution in [3.8, 4) is 0 Å². The molecule has 0 aliphatic heterocycles. The highest BCUT2D eigenvalue weighted by Gasteiger charge is 2.05. The van der Waals surface area contributed by atoms with E-state index in [1.165, 1.54) is 16.8 Å². The zero-order valence-electron chi connectivity index (χ0n) is 9.30. The fraction of sp³-hybridized carbons (Fsp3) is 0.545. The van der Waals surface area contributed by atoms with E-state index in [-0.39, 0.29) is 0 Å². The van der Waals surface area contributed by atoms with E-state index in [0.717, 1.165) is 19.5 Å². The second-order valence-corrected chi connectivity index (χ2v) is 3.55. The lowest BCUT2D eigenvalue weighted by molar-refractivity contribution is 0.642. The largest absolute Gasteiger partial charge is 0.316 e. The van der Waals surface area contributed by atoms with Crippen molar-refractivity contribution in [3.05, 3.63) is 29.6 Å². The highest BCUT2D eigenvalue weighted by atomic mass is 15.3. The van der Waals surface area contributed by atoms with Gasteiger partial charge in [-0.2, -0.15) is 5.10 Å². The van der Waals surface area contributed by atoms with Gasteiger partial charge in [0.15, 0.2) is 0 Å². The molecule has 1 aromatic rings. The molecule has 0 bridgehead atoms. The molecule has 14 heavy (non-hydrogen) atoms. The summed E-state index contributed by atoms with van der Waals surface area (Å²) >= 11 is 0. The molecular weight excluding hydrogens is 174 g/mol. The summed E-state index contributed by atoms with van der Waals surface area (Å²) in [6.07, 6.45) is 2.94. The Balaban J connectivity index is 2.74. The predicted octanol–water partition coefficient (Wildman–Crippen LogP) is 1.88. The Bertz CT molecular complexity index is 312. The van der Waals surface area contributed by atoms with Crippen molar-refractivity contribution in [2.24, 2.45) is 0 Å². The van der Waals surface area contributed by atoms with E-state index in [2.05, 4.69) is 30.8 Å². The van der Waals surface area contributed by atoms with Gasteiger partial charge in [0.2, 0.25) is 0 Å². The molecule has 1 heterocycles. The SMILES string of the molecule is C=C(CC)Cn1ncc(CNC)c1C. The Kier molecular flexibility index (Phi) is 3.89. The highest BCUT2D eigenvalue weighted by molar-refractivity contribution is 5.16. The van der Waals surface area contributed by atoms with Gasteiger partial charge in [0.1, 0.15) is 0 Å². The quantitative estimate of drug-likeness (QED) is 0.724. The number of aromatic nitrogens is 2. The third-order valence-corrected chi connectivity index (χ3v) is 2.45. The minimum atomic E-state index is 0.839. The molecule has 78 valence electrons. The van der Waals surface area contributed by atoms with Gasteiger partial charge in [-0.3, -0.25) is 4.68 Å². The lowest BCUT2D eigenvalue weighted by Crippen LogP contribution is -2.08. The number of allylic oxidation sites excluding steroid dienone is 1. The number of nitrogens with zero attached hydrogens (tertiary/aromatic N) is 2. The average molecular weight is 193 g/mol. The van der Waals surface area contributed by atoms with Crippen LogP contribution in [0.5, 0.6) is 0 Å². The van der Waals surface area contributed by atoms with Crippen LogP contribution in [0.4, 0.5) is 0 Å². The Labute approximate surface area is 85.8 Å². The van der Waals surface area contributed by atoms with Crippen molar-refractivity contribution in [2.45, 2.75) is 33.4 Å². The van der Waals surface area contributed by atoms with E-state index >= 15 is 0 Å². The highest BCUT2D eigenvalue weighted by Crippen LogP contribution is 2.09. The van der Waals surface area contributed by atoms with Crippen LogP contribution in [-0.2, 0) is 13.1 Å². The molecule has 3 nitrogen and oxygen atoms in total. The first-order chi connectivity index (χ1) is 6.69. The van der Waals surface area contributed by atoms with Gasteiger partial charge in [0.25, 0.3) is 0 Å². The minimum absolute atomic E-state index is 0.839. The van der Waals surface area contributed by atoms with Crippen molar-refractivity contribution in [2.75, 3.05) is 7.05 Å². The smallest absolute Gasteiger partial charge is 0.0619 e. The fourth-order valence-corrected chi connectivity index (χ4v) is 1.33. The van der Waals surface area contributed by atoms with Crippen LogP contribution in [0, 0.1) is 6.92 Å². The third-order valence-electron chi connectivity index (χ3n) is 2.45. The summed E-state index contributed by atoms with van der Waals surface area (Å²) in [5, 5.41) is 7.47. The summed E-state index contributed by atoms with van der Waals surface area (Å²) in [6, 6.07) is 0. The lowest BCUT2D eigenvalue weighted by atomic mass is 10.2. The predicted molar refractivity (Wildman–Crippen MR) is 59.2 cm³/mol. The van der Waals surface area contributed by atoms with Gasteiger partial charge < -0.3 is 5.32 Å².